The minimum Gasteiger partial charge on any atom is -0.370 e. The fourth-order valence-corrected chi connectivity index (χ4v) is 1.42. The molecule has 0 radical (unpaired) electrons. The first-order valence-corrected chi connectivity index (χ1v) is 4.68. The number of benzene rings is 1. The van der Waals surface area contributed by atoms with E-state index in [1.165, 1.54) is 30.1 Å². The zero-order valence-electron chi connectivity index (χ0n) is 8.51. The van der Waals surface area contributed by atoms with Gasteiger partial charge in [-0.05, 0) is 12.1 Å². The van der Waals surface area contributed by atoms with Crippen molar-refractivity contribution in [3.05, 3.63) is 29.0 Å². The summed E-state index contributed by atoms with van der Waals surface area (Å²) in [7, 11) is 1.45. The Kier molecular flexibility index (Phi) is 3.68. The van der Waals surface area contributed by atoms with Crippen molar-refractivity contribution < 1.29 is 4.39 Å². The molecule has 5 nitrogen and oxygen atoms in total. The molecule has 0 saturated carbocycles. The van der Waals surface area contributed by atoms with Crippen molar-refractivity contribution in [2.75, 3.05) is 11.9 Å². The number of hydrogen-bond acceptors (Lipinski definition) is 2. The average molecular weight is 244 g/mol. The van der Waals surface area contributed by atoms with E-state index in [4.69, 9.17) is 28.2 Å². The van der Waals surface area contributed by atoms with Crippen LogP contribution in [0.25, 0.3) is 0 Å². The lowest BCUT2D eigenvalue weighted by Crippen LogP contribution is -2.44. The molecule has 0 aliphatic heterocycles. The summed E-state index contributed by atoms with van der Waals surface area (Å²) in [5.41, 5.74) is 5.12. The second-order valence-electron chi connectivity index (χ2n) is 3.02. The number of nitrogens with zero attached hydrogens (tertiary/aromatic N) is 1. The molecule has 0 saturated heterocycles. The van der Waals surface area contributed by atoms with Crippen LogP contribution in [0.5, 0.6) is 0 Å². The smallest absolute Gasteiger partial charge is 0.202 e. The quantitative estimate of drug-likeness (QED) is 0.443. The topological polar surface area (TPSA) is 89.0 Å². The molecule has 0 aliphatic carbocycles. The SMILES string of the molecule is CN(C(=N)NC(=N)N)c1c(F)cccc1Cl. The lowest BCUT2D eigenvalue weighted by atomic mass is 10.3. The van der Waals surface area contributed by atoms with Gasteiger partial charge in [0.05, 0.1) is 10.7 Å². The third-order valence-corrected chi connectivity index (χ3v) is 2.17. The summed E-state index contributed by atoms with van der Waals surface area (Å²) in [6, 6.07) is 4.22. The predicted octanol–water partition coefficient (Wildman–Crippen LogP) is 1.33. The van der Waals surface area contributed by atoms with E-state index in [2.05, 4.69) is 5.32 Å². The van der Waals surface area contributed by atoms with E-state index in [-0.39, 0.29) is 16.7 Å². The lowest BCUT2D eigenvalue weighted by molar-refractivity contribution is 0.628. The minimum atomic E-state index is -0.551. The van der Waals surface area contributed by atoms with Crippen molar-refractivity contribution in [3.63, 3.8) is 0 Å². The van der Waals surface area contributed by atoms with Crippen molar-refractivity contribution in [1.29, 1.82) is 10.8 Å². The summed E-state index contributed by atoms with van der Waals surface area (Å²) in [5, 5.41) is 16.9. The minimum absolute atomic E-state index is 0.0583. The largest absolute Gasteiger partial charge is 0.370 e. The van der Waals surface area contributed by atoms with Crippen LogP contribution in [-0.2, 0) is 0 Å². The molecular weight excluding hydrogens is 233 g/mol. The number of nitrogens with two attached hydrogens (primary N) is 1. The molecule has 1 rings (SSSR count). The van der Waals surface area contributed by atoms with Gasteiger partial charge in [0.15, 0.2) is 5.96 Å². The highest BCUT2D eigenvalue weighted by molar-refractivity contribution is 6.33. The van der Waals surface area contributed by atoms with Crippen LogP contribution >= 0.6 is 11.6 Å². The van der Waals surface area contributed by atoms with Crippen LogP contribution in [0.2, 0.25) is 5.02 Å². The molecule has 7 heteroatoms. The molecule has 16 heavy (non-hydrogen) atoms. The Morgan fingerprint density at radius 3 is 2.62 bits per heavy atom. The molecule has 0 amide bonds. The van der Waals surface area contributed by atoms with E-state index in [0.29, 0.717) is 0 Å². The van der Waals surface area contributed by atoms with Crippen LogP contribution in [0, 0.1) is 16.6 Å². The van der Waals surface area contributed by atoms with Crippen LogP contribution in [0.4, 0.5) is 10.1 Å². The third kappa shape index (κ3) is 2.60. The van der Waals surface area contributed by atoms with Gasteiger partial charge in [0.2, 0.25) is 5.96 Å². The first kappa shape index (κ1) is 12.3. The van der Waals surface area contributed by atoms with Crippen molar-refractivity contribution in [2.24, 2.45) is 5.73 Å². The third-order valence-electron chi connectivity index (χ3n) is 1.86. The van der Waals surface area contributed by atoms with E-state index in [1.54, 1.807) is 0 Å². The Bertz CT molecular complexity index is 414. The van der Waals surface area contributed by atoms with E-state index in [0.717, 1.165) is 0 Å². The molecule has 0 unspecified atom stereocenters. The molecule has 0 fully saturated rings. The summed E-state index contributed by atoms with van der Waals surface area (Å²) < 4.78 is 13.5. The van der Waals surface area contributed by atoms with Gasteiger partial charge in [0, 0.05) is 7.05 Å². The molecule has 0 heterocycles. The first-order valence-electron chi connectivity index (χ1n) is 4.31. The number of guanidine groups is 2. The van der Waals surface area contributed by atoms with Gasteiger partial charge in [-0.15, -0.1) is 0 Å². The monoisotopic (exact) mass is 243 g/mol. The Hall–Kier alpha value is -1.82. The maximum absolute atomic E-state index is 13.5. The second-order valence-corrected chi connectivity index (χ2v) is 3.42. The Morgan fingerprint density at radius 2 is 2.12 bits per heavy atom. The molecular formula is C9H11ClFN5. The van der Waals surface area contributed by atoms with Gasteiger partial charge in [0.25, 0.3) is 0 Å². The number of rotatable bonds is 1. The summed E-state index contributed by atoms with van der Waals surface area (Å²) in [4.78, 5) is 1.17. The number of hydrogen-bond donors (Lipinski definition) is 4. The maximum atomic E-state index is 13.5. The number of anilines is 1. The van der Waals surface area contributed by atoms with Gasteiger partial charge in [0.1, 0.15) is 5.82 Å². The Balaban J connectivity index is 3.00. The molecule has 0 bridgehead atoms. The van der Waals surface area contributed by atoms with E-state index >= 15 is 0 Å². The lowest BCUT2D eigenvalue weighted by Gasteiger charge is -2.21. The van der Waals surface area contributed by atoms with Crippen molar-refractivity contribution in [1.82, 2.24) is 5.32 Å². The Morgan fingerprint density at radius 1 is 1.50 bits per heavy atom. The number of halogens is 2. The van der Waals surface area contributed by atoms with Crippen molar-refractivity contribution >= 4 is 29.2 Å². The predicted molar refractivity (Wildman–Crippen MR) is 62.6 cm³/mol. The van der Waals surface area contributed by atoms with Crippen molar-refractivity contribution in [2.45, 2.75) is 0 Å². The van der Waals surface area contributed by atoms with E-state index in [1.807, 2.05) is 0 Å². The molecule has 1 aromatic rings. The normalized spacial score (nSPS) is 9.69. The van der Waals surface area contributed by atoms with E-state index < -0.39 is 11.8 Å². The summed E-state index contributed by atoms with van der Waals surface area (Å²) >= 11 is 5.81. The summed E-state index contributed by atoms with van der Waals surface area (Å²) in [5.74, 6) is -1.19. The second kappa shape index (κ2) is 4.80. The van der Waals surface area contributed by atoms with Crippen LogP contribution in [0.1, 0.15) is 0 Å². The van der Waals surface area contributed by atoms with Gasteiger partial charge >= 0.3 is 0 Å². The maximum Gasteiger partial charge on any atom is 0.202 e. The zero-order chi connectivity index (χ0) is 12.3. The first-order chi connectivity index (χ1) is 7.43. The average Bonchev–Trinajstić information content (AvgIpc) is 2.16. The molecule has 5 N–H and O–H groups in total. The highest BCUT2D eigenvalue weighted by Gasteiger charge is 2.15. The fourth-order valence-electron chi connectivity index (χ4n) is 1.13. The molecule has 0 aromatic heterocycles. The summed E-state index contributed by atoms with van der Waals surface area (Å²) in [6.45, 7) is 0. The van der Waals surface area contributed by atoms with Gasteiger partial charge < -0.3 is 10.6 Å². The molecule has 0 spiro atoms. The van der Waals surface area contributed by atoms with Crippen LogP contribution in [0.15, 0.2) is 18.2 Å². The number of para-hydroxylation sites is 1. The highest BCUT2D eigenvalue weighted by Crippen LogP contribution is 2.27. The highest BCUT2D eigenvalue weighted by atomic mass is 35.5. The standard InChI is InChI=1S/C9H11ClFN5/c1-16(9(14)15-8(12)13)7-5(10)3-2-4-6(7)11/h2-4H,1H3,(H5,12,13,14,15). The van der Waals surface area contributed by atoms with Gasteiger partial charge in [-0.3, -0.25) is 16.1 Å². The van der Waals surface area contributed by atoms with Gasteiger partial charge in [-0.25, -0.2) is 4.39 Å². The fraction of sp³-hybridized carbons (Fsp3) is 0.111. The van der Waals surface area contributed by atoms with Crippen molar-refractivity contribution in [3.8, 4) is 0 Å². The summed E-state index contributed by atoms with van der Waals surface area (Å²) in [6.07, 6.45) is 0. The van der Waals surface area contributed by atoms with E-state index in [9.17, 15) is 4.39 Å². The van der Waals surface area contributed by atoms with Gasteiger partial charge in [-0.1, -0.05) is 17.7 Å². The van der Waals surface area contributed by atoms with Crippen LogP contribution < -0.4 is 16.0 Å². The molecule has 0 atom stereocenters. The zero-order valence-corrected chi connectivity index (χ0v) is 9.27. The van der Waals surface area contributed by atoms with Gasteiger partial charge in [-0.2, -0.15) is 0 Å². The van der Waals surface area contributed by atoms with Crippen LogP contribution in [0.3, 0.4) is 0 Å². The number of nitrogens with one attached hydrogen (secondary N) is 3. The molecule has 86 valence electrons. The molecule has 1 aromatic carbocycles. The van der Waals surface area contributed by atoms with Crippen LogP contribution in [-0.4, -0.2) is 19.0 Å². The molecule has 0 aliphatic rings. The Labute approximate surface area is 97.0 Å².